The summed E-state index contributed by atoms with van der Waals surface area (Å²) in [5.74, 6) is -0.586. The lowest BCUT2D eigenvalue weighted by Crippen LogP contribution is -2.64. The van der Waals surface area contributed by atoms with Crippen LogP contribution < -0.4 is 5.32 Å². The molecular formula is C94H99ClN10O10. The molecule has 4 amide bonds. The summed E-state index contributed by atoms with van der Waals surface area (Å²) in [6.45, 7) is 29.9. The third kappa shape index (κ3) is 15.4. The van der Waals surface area contributed by atoms with Gasteiger partial charge in [0.05, 0.1) is 61.2 Å². The van der Waals surface area contributed by atoms with Crippen LogP contribution in [-0.4, -0.2) is 134 Å². The first kappa shape index (κ1) is 80.9. The maximum absolute atomic E-state index is 14.1. The molecule has 0 unspecified atom stereocenters. The van der Waals surface area contributed by atoms with Crippen LogP contribution in [0, 0.1) is 60.5 Å². The van der Waals surface area contributed by atoms with Crippen LogP contribution in [0.15, 0.2) is 243 Å². The van der Waals surface area contributed by atoms with Gasteiger partial charge >= 0.3 is 0 Å². The number of hydrogen-bond donors (Lipinski definition) is 1. The second-order valence-electron chi connectivity index (χ2n) is 31.9. The second kappa shape index (κ2) is 35.2. The highest BCUT2D eigenvalue weighted by Gasteiger charge is 2.65. The number of aromatic nitrogens is 4. The van der Waals surface area contributed by atoms with Crippen molar-refractivity contribution >= 4 is 46.8 Å². The number of pyridine rings is 4. The Morgan fingerprint density at radius 1 is 0.417 bits per heavy atom. The number of likely N-dealkylation sites (tertiary alicyclic amines) is 3. The molecule has 21 heteroatoms. The van der Waals surface area contributed by atoms with Crippen molar-refractivity contribution in [1.82, 2.24) is 40.0 Å². The van der Waals surface area contributed by atoms with Crippen LogP contribution in [0.4, 0.5) is 0 Å². The zero-order valence-corrected chi connectivity index (χ0v) is 66.4. The second-order valence-corrected chi connectivity index (χ2v) is 32.2. The Hall–Kier alpha value is -10.7. The first-order valence-electron chi connectivity index (χ1n) is 40.3. The van der Waals surface area contributed by atoms with E-state index >= 15 is 0 Å². The van der Waals surface area contributed by atoms with Crippen LogP contribution in [0.1, 0.15) is 124 Å². The normalized spacial score (nSPS) is 28.7. The number of alkyl halides is 1. The van der Waals surface area contributed by atoms with Crippen molar-refractivity contribution in [3.63, 3.8) is 0 Å². The molecule has 10 aliphatic rings. The fraction of sp³-hybridized carbons (Fsp3) is 0.404. The number of allylic oxidation sites excluding steroid dienone is 2. The number of nitrogens with one attached hydrogen (secondary N) is 1. The molecule has 2 spiro atoms. The fourth-order valence-corrected chi connectivity index (χ4v) is 20.7. The van der Waals surface area contributed by atoms with Gasteiger partial charge in [0.25, 0.3) is 0 Å². The Morgan fingerprint density at radius 3 is 1.11 bits per heavy atom. The quantitative estimate of drug-likeness (QED) is 0.0940. The maximum Gasteiger partial charge on any atom is 0.236 e. The molecule has 1 N–H and O–H groups in total. The number of carbonyl (C=O) groups is 6. The van der Waals surface area contributed by atoms with Crippen molar-refractivity contribution < 1.29 is 47.7 Å². The zero-order chi connectivity index (χ0) is 80.4. The van der Waals surface area contributed by atoms with Crippen molar-refractivity contribution in [3.05, 3.63) is 310 Å². The van der Waals surface area contributed by atoms with E-state index in [1.165, 1.54) is 0 Å². The van der Waals surface area contributed by atoms with Crippen molar-refractivity contribution in [2.75, 3.05) is 52.6 Å². The van der Waals surface area contributed by atoms with Gasteiger partial charge in [-0.3, -0.25) is 39.1 Å². The third-order valence-electron chi connectivity index (χ3n) is 26.3. The van der Waals surface area contributed by atoms with E-state index in [-0.39, 0.29) is 93.9 Å². The van der Waals surface area contributed by atoms with E-state index in [0.717, 1.165) is 109 Å². The molecule has 4 aliphatic carbocycles. The molecule has 20 nitrogen and oxygen atoms in total. The summed E-state index contributed by atoms with van der Waals surface area (Å²) in [7, 11) is 0. The average molecular weight is 1560 g/mol. The molecule has 592 valence electrons. The van der Waals surface area contributed by atoms with E-state index in [0.29, 0.717) is 65.0 Å². The number of Topliss-reactive ketones (excluding diaryl/α,β-unsaturated/α-hetero) is 2. The Kier molecular flexibility index (Phi) is 24.7. The number of fused-ring (bicyclic) bond motifs is 4. The number of benzene rings is 4. The molecule has 0 bridgehead atoms. The van der Waals surface area contributed by atoms with E-state index in [9.17, 15) is 28.8 Å². The molecule has 10 heterocycles. The number of nitrogens with zero attached hydrogens (tertiary/aromatic N) is 9. The summed E-state index contributed by atoms with van der Waals surface area (Å²) in [4.78, 5) is 109. The molecule has 4 aromatic heterocycles. The van der Waals surface area contributed by atoms with Crippen LogP contribution in [-0.2, 0) is 94.9 Å². The van der Waals surface area contributed by atoms with Crippen LogP contribution in [0.25, 0.3) is 9.69 Å². The van der Waals surface area contributed by atoms with Gasteiger partial charge in [-0.15, -0.1) is 11.6 Å². The maximum atomic E-state index is 14.1. The fourth-order valence-electron chi connectivity index (χ4n) is 20.6. The summed E-state index contributed by atoms with van der Waals surface area (Å²) in [6, 6.07) is 55.2. The number of halogens is 1. The molecular weight excluding hydrogens is 1460 g/mol. The van der Waals surface area contributed by atoms with Gasteiger partial charge < -0.3 is 48.6 Å². The largest absolute Gasteiger partial charge is 0.355 e. The number of ether oxygens (including phenoxy) is 4. The van der Waals surface area contributed by atoms with Gasteiger partial charge in [-0.05, 0) is 131 Å². The van der Waals surface area contributed by atoms with E-state index in [2.05, 4.69) is 73.1 Å². The number of piperidine rings is 4. The molecule has 115 heavy (non-hydrogen) atoms. The minimum Gasteiger partial charge on any atom is -0.355 e. The third-order valence-corrected chi connectivity index (χ3v) is 26.6. The first-order valence-corrected chi connectivity index (χ1v) is 40.8. The predicted octanol–water partition coefficient (Wildman–Crippen LogP) is 14.4. The summed E-state index contributed by atoms with van der Waals surface area (Å²) >= 11 is 5.49. The predicted molar refractivity (Wildman–Crippen MR) is 434 cm³/mol. The SMILES string of the molecule is C[C@H]1[C@@H]2CCN(Cc3cccnc3)C(=O)[C@@]2(c2ccccc2)CCC12OCCO2.C[C@H]1[C@@H]2CCNC(=O)[C@@]2(c2ccccc2)CCC12OCCO2.ClCc1cccnc1.[C-]#[N+]C1=C[C@@]2(c3ccccc3)C(=O)N(Cc3cccnc3)CC[C@@H]2[C@@H](C)C1=O.[C-]#[N+]C1=C[C@]2(c3ccccc3)C(=O)N(Cc3cccnc3)CC[C@H]2[C@H](C)C1=O. The smallest absolute Gasteiger partial charge is 0.236 e. The minimum atomic E-state index is -0.977. The van der Waals surface area contributed by atoms with Gasteiger partial charge in [-0.1, -0.05) is 185 Å². The number of amides is 4. The van der Waals surface area contributed by atoms with Gasteiger partial charge in [0.15, 0.2) is 23.1 Å². The van der Waals surface area contributed by atoms with Crippen LogP contribution >= 0.6 is 11.6 Å². The number of carbonyl (C=O) groups excluding carboxylic acids is 6. The number of hydrogen-bond acceptors (Lipinski definition) is 14. The van der Waals surface area contributed by atoms with Crippen LogP contribution in [0.3, 0.4) is 0 Å². The molecule has 0 radical (unpaired) electrons. The van der Waals surface area contributed by atoms with E-state index in [1.807, 2.05) is 180 Å². The zero-order valence-electron chi connectivity index (χ0n) is 65.7. The Bertz CT molecular complexity index is 4730. The highest BCUT2D eigenvalue weighted by atomic mass is 35.5. The summed E-state index contributed by atoms with van der Waals surface area (Å²) < 4.78 is 24.3. The summed E-state index contributed by atoms with van der Waals surface area (Å²) in [6.07, 6.45) is 23.8. The van der Waals surface area contributed by atoms with Gasteiger partial charge in [-0.2, -0.15) is 0 Å². The van der Waals surface area contributed by atoms with Gasteiger partial charge in [0, 0.05) is 138 Å². The van der Waals surface area contributed by atoms with Gasteiger partial charge in [-0.25, -0.2) is 9.69 Å². The van der Waals surface area contributed by atoms with Crippen molar-refractivity contribution in [3.8, 4) is 0 Å². The monoisotopic (exact) mass is 1560 g/mol. The minimum absolute atomic E-state index is 0.0423. The van der Waals surface area contributed by atoms with Crippen molar-refractivity contribution in [2.45, 2.75) is 138 Å². The van der Waals surface area contributed by atoms with Crippen molar-refractivity contribution in [2.24, 2.45) is 47.3 Å². The summed E-state index contributed by atoms with van der Waals surface area (Å²) in [5.41, 5.74) is 5.28. The number of rotatable bonds is 11. The van der Waals surface area contributed by atoms with E-state index in [1.54, 1.807) is 55.5 Å². The molecule has 6 aliphatic heterocycles. The molecule has 8 aromatic rings. The van der Waals surface area contributed by atoms with Crippen molar-refractivity contribution in [1.29, 1.82) is 0 Å². The number of ketones is 2. The van der Waals surface area contributed by atoms with Crippen LogP contribution in [0.2, 0.25) is 0 Å². The van der Waals surface area contributed by atoms with Crippen LogP contribution in [0.5, 0.6) is 0 Å². The lowest BCUT2D eigenvalue weighted by Gasteiger charge is -2.56. The first-order chi connectivity index (χ1) is 55.9. The molecule has 8 fully saturated rings. The van der Waals surface area contributed by atoms with Gasteiger partial charge in [0.1, 0.15) is 0 Å². The standard InChI is InChI=1S/C24H28N2O3.2C23H21N3O2.C18H23NO3.C6H6ClN/c1-18-21-9-13-26(17-19-6-5-12-25-16-19)22(27)23(21,20-7-3-2-4-8-20)10-11-24(18)28-14-15-29-24;2*1-16-19-10-12-26(15-17-7-6-11-25-14-17)22(28)23(19,13-20(24-2)21(16)27)18-8-4-3-5-9-18;1-13-15-7-10-19-16(20)17(15,14-5-3-2-4-6-14)8-9-18(13)21-11-12-22-18;7-4-6-2-1-3-8-5-6/h2-8,12,16,18,21H,9-11,13-15,17H2,1H3;2*3-9,11,13-14,16,19H,10,12,15H2,1H3;2-6,13,15H,7-12H2,1H3,(H,19,20);1-3,5H,4H2/t18-,21-,23+;2*16-,19-,23+;13-,15-,17+;/m0100./s1. The lowest BCUT2D eigenvalue weighted by molar-refractivity contribution is -0.239. The Labute approximate surface area is 678 Å². The van der Waals surface area contributed by atoms with E-state index < -0.39 is 33.2 Å². The average Bonchev–Trinajstić information content (AvgIpc) is 1.69. The molecule has 6 saturated heterocycles. The van der Waals surface area contributed by atoms with Gasteiger partial charge in [0.2, 0.25) is 35.0 Å². The Morgan fingerprint density at radius 2 is 0.757 bits per heavy atom. The molecule has 4 aromatic carbocycles. The molecule has 18 rings (SSSR count). The molecule has 12 atom stereocenters. The molecule has 2 saturated carbocycles. The topological polar surface area (TPSA) is 221 Å². The Balaban J connectivity index is 0.000000123. The van der Waals surface area contributed by atoms with E-state index in [4.69, 9.17) is 43.7 Å². The summed E-state index contributed by atoms with van der Waals surface area (Å²) in [5, 5.41) is 3.10. The highest BCUT2D eigenvalue weighted by molar-refractivity contribution is 6.17. The highest BCUT2D eigenvalue weighted by Crippen LogP contribution is 2.59. The lowest BCUT2D eigenvalue weighted by atomic mass is 9.54.